The van der Waals surface area contributed by atoms with Gasteiger partial charge in [0.05, 0.1) is 11.8 Å². The van der Waals surface area contributed by atoms with E-state index in [1.807, 2.05) is 0 Å². The molecule has 2 atom stereocenters. The molecule has 1 heterocycles. The van der Waals surface area contributed by atoms with E-state index in [0.29, 0.717) is 11.3 Å². The summed E-state index contributed by atoms with van der Waals surface area (Å²) in [7, 11) is 0. The third-order valence-corrected chi connectivity index (χ3v) is 4.03. The number of carboxylic acids is 1. The molecule has 0 unspecified atom stereocenters. The number of carbonyl (C=O) groups is 2. The molecule has 1 saturated heterocycles. The summed E-state index contributed by atoms with van der Waals surface area (Å²) in [5.41, 5.74) is 0.702. The van der Waals surface area contributed by atoms with Crippen molar-refractivity contribution in [3.8, 4) is 18.1 Å². The standard InChI is InChI=1S/C17H17F3N2O4/c1-2-7-26-12-5-3-11(4-6-12)8-21-16(25)22-9-13(15(23)24)14(10-22)17(18,19)20/h1,3-6,13-14H,7-10H2,(H,21,25)(H,23,24)/t13-,14-/m1/s1. The fourth-order valence-corrected chi connectivity index (χ4v) is 2.67. The number of rotatable bonds is 5. The topological polar surface area (TPSA) is 78.9 Å². The normalized spacial score (nSPS) is 19.7. The molecule has 1 aliphatic heterocycles. The largest absolute Gasteiger partial charge is 0.481 e. The lowest BCUT2D eigenvalue weighted by Gasteiger charge is -2.18. The number of nitrogens with zero attached hydrogens (tertiary/aromatic N) is 1. The van der Waals surface area contributed by atoms with Gasteiger partial charge in [-0.3, -0.25) is 4.79 Å². The van der Waals surface area contributed by atoms with E-state index in [4.69, 9.17) is 16.3 Å². The molecule has 6 nitrogen and oxygen atoms in total. The molecule has 0 radical (unpaired) electrons. The van der Waals surface area contributed by atoms with Gasteiger partial charge in [-0.2, -0.15) is 13.2 Å². The Kier molecular flexibility index (Phi) is 5.97. The summed E-state index contributed by atoms with van der Waals surface area (Å²) in [5.74, 6) is -2.42. The Balaban J connectivity index is 1.92. The van der Waals surface area contributed by atoms with Gasteiger partial charge in [0.15, 0.2) is 0 Å². The van der Waals surface area contributed by atoms with Crippen LogP contribution in [0.3, 0.4) is 0 Å². The van der Waals surface area contributed by atoms with E-state index in [1.165, 1.54) is 0 Å². The van der Waals surface area contributed by atoms with Crippen LogP contribution in [-0.4, -0.2) is 47.9 Å². The van der Waals surface area contributed by atoms with Crippen molar-refractivity contribution in [1.82, 2.24) is 10.2 Å². The molecule has 0 saturated carbocycles. The number of hydrogen-bond acceptors (Lipinski definition) is 3. The van der Waals surface area contributed by atoms with Gasteiger partial charge in [-0.1, -0.05) is 18.1 Å². The number of alkyl halides is 3. The molecule has 140 valence electrons. The fourth-order valence-electron chi connectivity index (χ4n) is 2.67. The average molecular weight is 370 g/mol. The summed E-state index contributed by atoms with van der Waals surface area (Å²) < 4.78 is 44.0. The molecule has 0 bridgehead atoms. The van der Waals surface area contributed by atoms with Gasteiger partial charge in [-0.25, -0.2) is 4.79 Å². The van der Waals surface area contributed by atoms with Gasteiger partial charge in [0.1, 0.15) is 12.4 Å². The minimum absolute atomic E-state index is 0.0825. The molecular weight excluding hydrogens is 353 g/mol. The van der Waals surface area contributed by atoms with Crippen LogP contribution < -0.4 is 10.1 Å². The molecule has 2 amide bonds. The van der Waals surface area contributed by atoms with Crippen LogP contribution in [-0.2, 0) is 11.3 Å². The van der Waals surface area contributed by atoms with Crippen LogP contribution in [0.1, 0.15) is 5.56 Å². The number of terminal acetylenes is 1. The first-order valence-electron chi connectivity index (χ1n) is 7.70. The number of benzene rings is 1. The molecule has 0 spiro atoms. The lowest BCUT2D eigenvalue weighted by atomic mass is 9.96. The molecule has 1 aromatic rings. The lowest BCUT2D eigenvalue weighted by Crippen LogP contribution is -2.39. The van der Waals surface area contributed by atoms with Crippen molar-refractivity contribution in [2.75, 3.05) is 19.7 Å². The first kappa shape index (κ1) is 19.4. The smallest absolute Gasteiger partial charge is 0.394 e. The number of aliphatic carboxylic acids is 1. The Morgan fingerprint density at radius 2 is 1.96 bits per heavy atom. The van der Waals surface area contributed by atoms with Crippen LogP contribution in [0.2, 0.25) is 0 Å². The van der Waals surface area contributed by atoms with Crippen molar-refractivity contribution in [1.29, 1.82) is 0 Å². The Bertz CT molecular complexity index is 697. The fraction of sp³-hybridized carbons (Fsp3) is 0.412. The van der Waals surface area contributed by atoms with Gasteiger partial charge >= 0.3 is 18.2 Å². The van der Waals surface area contributed by atoms with Crippen molar-refractivity contribution < 1.29 is 32.6 Å². The van der Waals surface area contributed by atoms with Gasteiger partial charge in [-0.05, 0) is 17.7 Å². The molecule has 1 aliphatic rings. The summed E-state index contributed by atoms with van der Waals surface area (Å²) in [4.78, 5) is 24.0. The highest BCUT2D eigenvalue weighted by atomic mass is 19.4. The number of amides is 2. The first-order chi connectivity index (χ1) is 12.2. The zero-order valence-corrected chi connectivity index (χ0v) is 13.6. The van der Waals surface area contributed by atoms with Gasteiger partial charge in [0.2, 0.25) is 0 Å². The zero-order valence-electron chi connectivity index (χ0n) is 13.6. The second-order valence-corrected chi connectivity index (χ2v) is 5.79. The van der Waals surface area contributed by atoms with Gasteiger partial charge in [0, 0.05) is 19.6 Å². The van der Waals surface area contributed by atoms with Gasteiger partial charge in [0.25, 0.3) is 0 Å². The van der Waals surface area contributed by atoms with Crippen molar-refractivity contribution >= 4 is 12.0 Å². The third kappa shape index (κ3) is 4.81. The SMILES string of the molecule is C#CCOc1ccc(CNC(=O)N2C[C@@H](C(F)(F)F)[C@H](C(=O)O)C2)cc1. The number of halogens is 3. The van der Waals surface area contributed by atoms with Crippen LogP contribution in [0.15, 0.2) is 24.3 Å². The van der Waals surface area contributed by atoms with Crippen LogP contribution in [0.25, 0.3) is 0 Å². The summed E-state index contributed by atoms with van der Waals surface area (Å²) in [5, 5.41) is 11.4. The van der Waals surface area contributed by atoms with E-state index >= 15 is 0 Å². The number of nitrogens with one attached hydrogen (secondary N) is 1. The minimum Gasteiger partial charge on any atom is -0.481 e. The van der Waals surface area contributed by atoms with Gasteiger partial charge < -0.3 is 20.1 Å². The molecule has 2 N–H and O–H groups in total. The number of likely N-dealkylation sites (tertiary alicyclic amines) is 1. The Morgan fingerprint density at radius 3 is 2.46 bits per heavy atom. The molecular formula is C17H17F3N2O4. The van der Waals surface area contributed by atoms with Crippen LogP contribution >= 0.6 is 0 Å². The highest BCUT2D eigenvalue weighted by Gasteiger charge is 2.53. The van der Waals surface area contributed by atoms with E-state index in [1.54, 1.807) is 24.3 Å². The molecule has 0 aromatic heterocycles. The average Bonchev–Trinajstić information content (AvgIpc) is 3.05. The van der Waals surface area contributed by atoms with Crippen LogP contribution in [0.5, 0.6) is 5.75 Å². The maximum absolute atomic E-state index is 12.9. The summed E-state index contributed by atoms with van der Waals surface area (Å²) in [6, 6.07) is 5.91. The molecule has 1 aromatic carbocycles. The quantitative estimate of drug-likeness (QED) is 0.778. The molecule has 2 rings (SSSR count). The van der Waals surface area contributed by atoms with E-state index in [9.17, 15) is 22.8 Å². The van der Waals surface area contributed by atoms with Crippen LogP contribution in [0, 0.1) is 24.2 Å². The second-order valence-electron chi connectivity index (χ2n) is 5.79. The molecule has 0 aliphatic carbocycles. The number of ether oxygens (including phenoxy) is 1. The Morgan fingerprint density at radius 1 is 1.31 bits per heavy atom. The Hall–Kier alpha value is -2.89. The van der Waals surface area contributed by atoms with E-state index < -0.39 is 43.1 Å². The lowest BCUT2D eigenvalue weighted by molar-refractivity contribution is -0.187. The summed E-state index contributed by atoms with van der Waals surface area (Å²) >= 11 is 0. The number of carbonyl (C=O) groups excluding carboxylic acids is 1. The Labute approximate surface area is 147 Å². The predicted octanol–water partition coefficient (Wildman–Crippen LogP) is 2.10. The van der Waals surface area contributed by atoms with Crippen molar-refractivity contribution in [2.24, 2.45) is 11.8 Å². The van der Waals surface area contributed by atoms with Gasteiger partial charge in [-0.15, -0.1) is 6.42 Å². The molecule has 26 heavy (non-hydrogen) atoms. The minimum atomic E-state index is -4.67. The van der Waals surface area contributed by atoms with Crippen LogP contribution in [0.4, 0.5) is 18.0 Å². The number of urea groups is 1. The number of carboxylic acid groups (broad SMARTS) is 1. The summed E-state index contributed by atoms with van der Waals surface area (Å²) in [6.07, 6.45) is 0.403. The molecule has 9 heteroatoms. The van der Waals surface area contributed by atoms with E-state index in [0.717, 1.165) is 4.90 Å². The van der Waals surface area contributed by atoms with E-state index in [-0.39, 0.29) is 13.2 Å². The van der Waals surface area contributed by atoms with Crippen molar-refractivity contribution in [3.05, 3.63) is 29.8 Å². The third-order valence-electron chi connectivity index (χ3n) is 4.03. The van der Waals surface area contributed by atoms with E-state index in [2.05, 4.69) is 11.2 Å². The maximum Gasteiger partial charge on any atom is 0.394 e. The highest BCUT2D eigenvalue weighted by Crippen LogP contribution is 2.37. The molecule has 1 fully saturated rings. The maximum atomic E-state index is 12.9. The summed E-state index contributed by atoms with van der Waals surface area (Å²) in [6.45, 7) is -0.954. The number of hydrogen-bond donors (Lipinski definition) is 2. The first-order valence-corrected chi connectivity index (χ1v) is 7.70. The second kappa shape index (κ2) is 7.99. The zero-order chi connectivity index (χ0) is 19.3. The van der Waals surface area contributed by atoms with Crippen molar-refractivity contribution in [2.45, 2.75) is 12.7 Å². The highest BCUT2D eigenvalue weighted by molar-refractivity contribution is 5.77. The predicted molar refractivity (Wildman–Crippen MR) is 85.2 cm³/mol. The monoisotopic (exact) mass is 370 g/mol. The van der Waals surface area contributed by atoms with Crippen molar-refractivity contribution in [3.63, 3.8) is 0 Å².